The normalized spacial score (nSPS) is 12.0. The molecule has 0 unspecified atom stereocenters. The first-order chi connectivity index (χ1) is 21.5. The van der Waals surface area contributed by atoms with Crippen LogP contribution < -0.4 is 9.62 Å². The first kappa shape index (κ1) is 34.0. The van der Waals surface area contributed by atoms with Gasteiger partial charge in [0, 0.05) is 19.5 Å². The number of sulfonamides is 1. The second kappa shape index (κ2) is 15.4. The van der Waals surface area contributed by atoms with Gasteiger partial charge in [0.25, 0.3) is 10.0 Å². The highest BCUT2D eigenvalue weighted by Gasteiger charge is 2.35. The second-order valence-electron chi connectivity index (χ2n) is 11.2. The molecule has 4 aromatic carbocycles. The van der Waals surface area contributed by atoms with Crippen molar-refractivity contribution in [2.75, 3.05) is 17.4 Å². The van der Waals surface area contributed by atoms with Crippen LogP contribution in [0.15, 0.2) is 108 Å². The lowest BCUT2D eigenvalue weighted by Crippen LogP contribution is -2.53. The third-order valence-corrected chi connectivity index (χ3v) is 9.82. The van der Waals surface area contributed by atoms with Crippen LogP contribution in [0.1, 0.15) is 30.5 Å². The Kier molecular flexibility index (Phi) is 11.7. The van der Waals surface area contributed by atoms with Gasteiger partial charge in [0.05, 0.1) is 20.6 Å². The molecule has 0 fully saturated rings. The Morgan fingerprint density at radius 3 is 2.00 bits per heavy atom. The Hall–Kier alpha value is -3.85. The van der Waals surface area contributed by atoms with E-state index in [0.29, 0.717) is 6.54 Å². The molecule has 0 aliphatic rings. The maximum Gasteiger partial charge on any atom is 0.264 e. The minimum absolute atomic E-state index is 0.00669. The summed E-state index contributed by atoms with van der Waals surface area (Å²) in [7, 11) is -4.30. The van der Waals surface area contributed by atoms with E-state index in [1.54, 1.807) is 24.3 Å². The van der Waals surface area contributed by atoms with Gasteiger partial charge in [0.2, 0.25) is 11.8 Å². The summed E-state index contributed by atoms with van der Waals surface area (Å²) in [5.74, 6) is -0.721. The zero-order chi connectivity index (χ0) is 32.6. The van der Waals surface area contributed by atoms with E-state index < -0.39 is 28.5 Å². The topological polar surface area (TPSA) is 86.8 Å². The summed E-state index contributed by atoms with van der Waals surface area (Å²) < 4.78 is 29.3. The largest absolute Gasteiger partial charge is 0.354 e. The molecule has 7 nitrogen and oxygen atoms in total. The van der Waals surface area contributed by atoms with Crippen molar-refractivity contribution < 1.29 is 18.0 Å². The molecule has 4 rings (SSSR count). The van der Waals surface area contributed by atoms with Gasteiger partial charge in [-0.3, -0.25) is 13.9 Å². The number of carbonyl (C=O) groups is 2. The molecular formula is C35H37Cl2N3O4S. The maximum atomic E-state index is 14.5. The van der Waals surface area contributed by atoms with Gasteiger partial charge >= 0.3 is 0 Å². The molecule has 45 heavy (non-hydrogen) atoms. The molecule has 1 atom stereocenters. The molecule has 1 N–H and O–H groups in total. The predicted molar refractivity (Wildman–Crippen MR) is 181 cm³/mol. The Labute approximate surface area is 275 Å². The Morgan fingerprint density at radius 1 is 0.800 bits per heavy atom. The van der Waals surface area contributed by atoms with Crippen molar-refractivity contribution in [3.05, 3.63) is 130 Å². The van der Waals surface area contributed by atoms with Crippen LogP contribution in [-0.2, 0) is 32.6 Å². The van der Waals surface area contributed by atoms with Crippen molar-refractivity contribution >= 4 is 50.7 Å². The summed E-state index contributed by atoms with van der Waals surface area (Å²) in [5, 5.41) is 3.12. The van der Waals surface area contributed by atoms with Crippen molar-refractivity contribution in [2.24, 2.45) is 5.92 Å². The predicted octanol–water partition coefficient (Wildman–Crippen LogP) is 6.91. The quantitative estimate of drug-likeness (QED) is 0.168. The van der Waals surface area contributed by atoms with E-state index in [2.05, 4.69) is 5.32 Å². The number of rotatable bonds is 13. The van der Waals surface area contributed by atoms with Gasteiger partial charge in [-0.1, -0.05) is 121 Å². The standard InChI is InChI=1S/C35H37Cl2N3O4S/c1-25(2)22-38-35(42)32(21-27-11-6-4-7-12-27)39(23-28-13-8-5-9-14-28)33(41)24-40(31-16-10-15-30(36)34(31)37)45(43,44)29-19-17-26(3)18-20-29/h4-20,25,32H,21-24H2,1-3H3,(H,38,42)/t32-/m0/s1. The average Bonchev–Trinajstić information content (AvgIpc) is 3.03. The van der Waals surface area contributed by atoms with Crippen molar-refractivity contribution in [1.29, 1.82) is 0 Å². The maximum absolute atomic E-state index is 14.5. The SMILES string of the molecule is Cc1ccc(S(=O)(=O)N(CC(=O)N(Cc2ccccc2)[C@@H](Cc2ccccc2)C(=O)NCC(C)C)c2cccc(Cl)c2Cl)cc1. The van der Waals surface area contributed by atoms with E-state index in [9.17, 15) is 18.0 Å². The minimum atomic E-state index is -4.30. The van der Waals surface area contributed by atoms with Crippen LogP contribution in [0.25, 0.3) is 0 Å². The summed E-state index contributed by atoms with van der Waals surface area (Å²) in [6.45, 7) is 5.71. The van der Waals surface area contributed by atoms with Crippen LogP contribution in [0, 0.1) is 12.8 Å². The van der Waals surface area contributed by atoms with Gasteiger partial charge in [-0.05, 0) is 48.2 Å². The van der Waals surface area contributed by atoms with Crippen molar-refractivity contribution in [2.45, 2.75) is 44.7 Å². The molecular weight excluding hydrogens is 629 g/mol. The molecule has 0 saturated carbocycles. The summed E-state index contributed by atoms with van der Waals surface area (Å²) in [5.41, 5.74) is 2.58. The summed E-state index contributed by atoms with van der Waals surface area (Å²) in [6.07, 6.45) is 0.228. The molecule has 236 valence electrons. The Bertz CT molecular complexity index is 1700. The first-order valence-electron chi connectivity index (χ1n) is 14.7. The van der Waals surface area contributed by atoms with E-state index in [1.165, 1.54) is 23.1 Å². The number of hydrogen-bond donors (Lipinski definition) is 1. The number of aryl methyl sites for hydroxylation is 1. The second-order valence-corrected chi connectivity index (χ2v) is 13.9. The summed E-state index contributed by atoms with van der Waals surface area (Å²) in [4.78, 5) is 29.8. The van der Waals surface area contributed by atoms with Gasteiger partial charge in [0.15, 0.2) is 0 Å². The van der Waals surface area contributed by atoms with Crippen LogP contribution in [0.3, 0.4) is 0 Å². The Morgan fingerprint density at radius 2 is 1.40 bits per heavy atom. The van der Waals surface area contributed by atoms with Gasteiger partial charge in [-0.25, -0.2) is 8.42 Å². The lowest BCUT2D eigenvalue weighted by atomic mass is 10.0. The lowest BCUT2D eigenvalue weighted by molar-refractivity contribution is -0.140. The van der Waals surface area contributed by atoms with Gasteiger partial charge in [-0.2, -0.15) is 0 Å². The molecule has 0 bridgehead atoms. The zero-order valence-corrected chi connectivity index (χ0v) is 27.8. The monoisotopic (exact) mass is 665 g/mol. The van der Waals surface area contributed by atoms with Gasteiger partial charge in [0.1, 0.15) is 12.6 Å². The number of anilines is 1. The molecule has 4 aromatic rings. The number of hydrogen-bond acceptors (Lipinski definition) is 4. The number of nitrogens with one attached hydrogen (secondary N) is 1. The molecule has 2 amide bonds. The van der Waals surface area contributed by atoms with Crippen molar-refractivity contribution in [1.82, 2.24) is 10.2 Å². The smallest absolute Gasteiger partial charge is 0.264 e. The van der Waals surface area contributed by atoms with E-state index in [0.717, 1.165) is 21.0 Å². The van der Waals surface area contributed by atoms with Crippen LogP contribution >= 0.6 is 23.2 Å². The number of carbonyl (C=O) groups excluding carboxylic acids is 2. The van der Waals surface area contributed by atoms with Gasteiger partial charge in [-0.15, -0.1) is 0 Å². The fraction of sp³-hybridized carbons (Fsp3) is 0.257. The number of amides is 2. The average molecular weight is 667 g/mol. The Balaban J connectivity index is 1.81. The number of benzene rings is 4. The molecule has 0 aromatic heterocycles. The van der Waals surface area contributed by atoms with E-state index >= 15 is 0 Å². The highest BCUT2D eigenvalue weighted by atomic mass is 35.5. The molecule has 0 aliphatic carbocycles. The van der Waals surface area contributed by atoms with Crippen LogP contribution in [0.4, 0.5) is 5.69 Å². The number of nitrogens with zero attached hydrogens (tertiary/aromatic N) is 2. The highest BCUT2D eigenvalue weighted by Crippen LogP contribution is 2.35. The molecule has 0 saturated heterocycles. The zero-order valence-electron chi connectivity index (χ0n) is 25.5. The minimum Gasteiger partial charge on any atom is -0.354 e. The fourth-order valence-corrected chi connectivity index (χ4v) is 6.67. The van der Waals surface area contributed by atoms with E-state index in [-0.39, 0.29) is 45.4 Å². The third-order valence-electron chi connectivity index (χ3n) is 7.24. The highest BCUT2D eigenvalue weighted by molar-refractivity contribution is 7.92. The molecule has 0 aliphatic heterocycles. The van der Waals surface area contributed by atoms with Crippen molar-refractivity contribution in [3.8, 4) is 0 Å². The van der Waals surface area contributed by atoms with Gasteiger partial charge < -0.3 is 10.2 Å². The van der Waals surface area contributed by atoms with E-state index in [4.69, 9.17) is 23.2 Å². The van der Waals surface area contributed by atoms with Crippen LogP contribution in [0.2, 0.25) is 10.0 Å². The summed E-state index contributed by atoms with van der Waals surface area (Å²) in [6, 6.07) is 28.7. The molecule has 10 heteroatoms. The molecule has 0 heterocycles. The molecule has 0 spiro atoms. The fourth-order valence-electron chi connectivity index (χ4n) is 4.79. The summed E-state index contributed by atoms with van der Waals surface area (Å²) >= 11 is 12.9. The number of halogens is 2. The lowest BCUT2D eigenvalue weighted by Gasteiger charge is -2.34. The first-order valence-corrected chi connectivity index (χ1v) is 16.9. The molecule has 0 radical (unpaired) electrons. The van der Waals surface area contributed by atoms with Crippen molar-refractivity contribution in [3.63, 3.8) is 0 Å². The third kappa shape index (κ3) is 8.87. The van der Waals surface area contributed by atoms with Crippen LogP contribution in [0.5, 0.6) is 0 Å². The van der Waals surface area contributed by atoms with Crippen LogP contribution in [-0.4, -0.2) is 44.3 Å². The van der Waals surface area contributed by atoms with E-state index in [1.807, 2.05) is 81.4 Å².